The molecule has 0 atom stereocenters. The summed E-state index contributed by atoms with van der Waals surface area (Å²) in [6.45, 7) is 1.80. The van der Waals surface area contributed by atoms with E-state index in [0.29, 0.717) is 16.0 Å². The standard InChI is InChI=1S/C16H11ClF3N3O/c1-2-23-14-11(6-7-12(21-14)16(18,19)20)13(22-15(23)24)9-4-3-5-10(17)8-9/h3-8H,2H2,1H3. The lowest BCUT2D eigenvalue weighted by atomic mass is 10.1. The van der Waals surface area contributed by atoms with Gasteiger partial charge in [-0.25, -0.2) is 9.78 Å². The first kappa shape index (κ1) is 16.4. The highest BCUT2D eigenvalue weighted by Crippen LogP contribution is 2.31. The predicted octanol–water partition coefficient (Wildman–Crippen LogP) is 4.15. The number of nitrogens with zero attached hydrogens (tertiary/aromatic N) is 3. The summed E-state index contributed by atoms with van der Waals surface area (Å²) in [4.78, 5) is 19.9. The van der Waals surface area contributed by atoms with Gasteiger partial charge in [0, 0.05) is 22.5 Å². The molecule has 124 valence electrons. The first-order valence-electron chi connectivity index (χ1n) is 7.06. The molecule has 0 N–H and O–H groups in total. The van der Waals surface area contributed by atoms with Gasteiger partial charge in [-0.3, -0.25) is 4.57 Å². The third kappa shape index (κ3) is 2.87. The summed E-state index contributed by atoms with van der Waals surface area (Å²) < 4.78 is 39.9. The van der Waals surface area contributed by atoms with Crippen molar-refractivity contribution >= 4 is 22.6 Å². The molecule has 0 amide bonds. The summed E-state index contributed by atoms with van der Waals surface area (Å²) in [5.74, 6) is 0. The molecule has 0 fully saturated rings. The summed E-state index contributed by atoms with van der Waals surface area (Å²) in [6, 6.07) is 8.76. The molecular weight excluding hydrogens is 343 g/mol. The summed E-state index contributed by atoms with van der Waals surface area (Å²) in [5, 5.41) is 0.786. The minimum Gasteiger partial charge on any atom is -0.276 e. The number of halogens is 4. The van der Waals surface area contributed by atoms with Crippen molar-refractivity contribution in [1.82, 2.24) is 14.5 Å². The van der Waals surface area contributed by atoms with Gasteiger partial charge in [0.15, 0.2) is 0 Å². The third-order valence-electron chi connectivity index (χ3n) is 3.53. The van der Waals surface area contributed by atoms with E-state index in [1.54, 1.807) is 31.2 Å². The van der Waals surface area contributed by atoms with Crippen LogP contribution in [0.3, 0.4) is 0 Å². The van der Waals surface area contributed by atoms with Crippen molar-refractivity contribution in [3.8, 4) is 11.3 Å². The highest BCUT2D eigenvalue weighted by Gasteiger charge is 2.33. The van der Waals surface area contributed by atoms with Gasteiger partial charge in [0.1, 0.15) is 11.3 Å². The SMILES string of the molecule is CCn1c(=O)nc(-c2cccc(Cl)c2)c2ccc(C(F)(F)F)nc21. The third-order valence-corrected chi connectivity index (χ3v) is 3.76. The number of pyridine rings is 1. The Balaban J connectivity index is 2.39. The summed E-state index contributed by atoms with van der Waals surface area (Å²) in [7, 11) is 0. The number of alkyl halides is 3. The molecule has 1 aromatic carbocycles. The summed E-state index contributed by atoms with van der Waals surface area (Å²) in [5.41, 5.74) is -0.980. The van der Waals surface area contributed by atoms with E-state index in [1.165, 1.54) is 6.07 Å². The normalized spacial score (nSPS) is 11.9. The van der Waals surface area contributed by atoms with E-state index in [4.69, 9.17) is 11.6 Å². The molecule has 0 aliphatic carbocycles. The molecule has 2 heterocycles. The lowest BCUT2D eigenvalue weighted by molar-refractivity contribution is -0.141. The maximum Gasteiger partial charge on any atom is 0.433 e. The molecule has 0 aliphatic heterocycles. The topological polar surface area (TPSA) is 47.8 Å². The lowest BCUT2D eigenvalue weighted by Gasteiger charge is -2.13. The Kier molecular flexibility index (Phi) is 4.04. The van der Waals surface area contributed by atoms with Crippen molar-refractivity contribution < 1.29 is 13.2 Å². The molecule has 4 nitrogen and oxygen atoms in total. The average molecular weight is 354 g/mol. The van der Waals surface area contributed by atoms with Crippen LogP contribution in [-0.2, 0) is 12.7 Å². The number of rotatable bonds is 2. The molecule has 24 heavy (non-hydrogen) atoms. The van der Waals surface area contributed by atoms with E-state index < -0.39 is 17.6 Å². The van der Waals surface area contributed by atoms with Crippen LogP contribution in [0.1, 0.15) is 12.6 Å². The molecule has 0 radical (unpaired) electrons. The predicted molar refractivity (Wildman–Crippen MR) is 84.9 cm³/mol. The van der Waals surface area contributed by atoms with E-state index in [0.717, 1.165) is 10.6 Å². The van der Waals surface area contributed by atoms with Crippen molar-refractivity contribution in [3.05, 3.63) is 57.6 Å². The van der Waals surface area contributed by atoms with Crippen LogP contribution in [0.25, 0.3) is 22.3 Å². The Morgan fingerprint density at radius 2 is 1.92 bits per heavy atom. The highest BCUT2D eigenvalue weighted by atomic mass is 35.5. The van der Waals surface area contributed by atoms with Gasteiger partial charge in [0.05, 0.1) is 5.69 Å². The number of aromatic nitrogens is 3. The molecular formula is C16H11ClF3N3O. The molecule has 8 heteroatoms. The first-order chi connectivity index (χ1) is 11.3. The number of hydrogen-bond acceptors (Lipinski definition) is 3. The summed E-state index contributed by atoms with van der Waals surface area (Å²) >= 11 is 5.95. The zero-order valence-corrected chi connectivity index (χ0v) is 13.2. The Morgan fingerprint density at radius 3 is 2.54 bits per heavy atom. The van der Waals surface area contributed by atoms with Crippen LogP contribution in [0.4, 0.5) is 13.2 Å². The second-order valence-corrected chi connectivity index (χ2v) is 5.50. The van der Waals surface area contributed by atoms with Crippen LogP contribution < -0.4 is 5.69 Å². The van der Waals surface area contributed by atoms with Crippen LogP contribution in [0.2, 0.25) is 5.02 Å². The van der Waals surface area contributed by atoms with Gasteiger partial charge >= 0.3 is 11.9 Å². The van der Waals surface area contributed by atoms with Gasteiger partial charge in [0.25, 0.3) is 0 Å². The molecule has 0 bridgehead atoms. The number of benzene rings is 1. The van der Waals surface area contributed by atoms with Gasteiger partial charge < -0.3 is 0 Å². The molecule has 3 rings (SSSR count). The van der Waals surface area contributed by atoms with Crippen LogP contribution >= 0.6 is 11.6 Å². The Hall–Kier alpha value is -2.41. The molecule has 0 saturated heterocycles. The zero-order valence-electron chi connectivity index (χ0n) is 12.4. The fourth-order valence-electron chi connectivity index (χ4n) is 2.44. The molecule has 0 saturated carbocycles. The number of aryl methyl sites for hydroxylation is 1. The van der Waals surface area contributed by atoms with Crippen LogP contribution in [0, 0.1) is 0 Å². The lowest BCUT2D eigenvalue weighted by Crippen LogP contribution is -2.24. The molecule has 0 spiro atoms. The van der Waals surface area contributed by atoms with Crippen molar-refractivity contribution in [2.24, 2.45) is 0 Å². The van der Waals surface area contributed by atoms with Crippen molar-refractivity contribution in [3.63, 3.8) is 0 Å². The van der Waals surface area contributed by atoms with Crippen molar-refractivity contribution in [2.75, 3.05) is 0 Å². The van der Waals surface area contributed by atoms with Crippen LogP contribution in [-0.4, -0.2) is 14.5 Å². The molecule has 0 aliphatic rings. The van der Waals surface area contributed by atoms with E-state index in [9.17, 15) is 18.0 Å². The number of fused-ring (bicyclic) bond motifs is 1. The molecule has 3 aromatic rings. The van der Waals surface area contributed by atoms with Crippen LogP contribution in [0.15, 0.2) is 41.2 Å². The van der Waals surface area contributed by atoms with E-state index in [1.807, 2.05) is 0 Å². The maximum absolute atomic E-state index is 12.9. The first-order valence-corrected chi connectivity index (χ1v) is 7.44. The smallest absolute Gasteiger partial charge is 0.276 e. The van der Waals surface area contributed by atoms with E-state index in [-0.39, 0.29) is 17.9 Å². The van der Waals surface area contributed by atoms with Crippen molar-refractivity contribution in [1.29, 1.82) is 0 Å². The Bertz CT molecular complexity index is 982. The van der Waals surface area contributed by atoms with Gasteiger partial charge in [-0.15, -0.1) is 0 Å². The van der Waals surface area contributed by atoms with Crippen LogP contribution in [0.5, 0.6) is 0 Å². The second-order valence-electron chi connectivity index (χ2n) is 5.06. The van der Waals surface area contributed by atoms with Gasteiger partial charge in [-0.1, -0.05) is 23.7 Å². The van der Waals surface area contributed by atoms with E-state index >= 15 is 0 Å². The van der Waals surface area contributed by atoms with Gasteiger partial charge in [-0.05, 0) is 31.2 Å². The fraction of sp³-hybridized carbons (Fsp3) is 0.188. The summed E-state index contributed by atoms with van der Waals surface area (Å²) in [6.07, 6.45) is -4.59. The minimum atomic E-state index is -4.59. The Labute approximate surface area is 139 Å². The fourth-order valence-corrected chi connectivity index (χ4v) is 2.63. The average Bonchev–Trinajstić information content (AvgIpc) is 2.52. The number of hydrogen-bond donors (Lipinski definition) is 0. The van der Waals surface area contributed by atoms with E-state index in [2.05, 4.69) is 9.97 Å². The Morgan fingerprint density at radius 1 is 1.17 bits per heavy atom. The molecule has 0 unspecified atom stereocenters. The highest BCUT2D eigenvalue weighted by molar-refractivity contribution is 6.30. The van der Waals surface area contributed by atoms with Gasteiger partial charge in [-0.2, -0.15) is 18.2 Å². The zero-order chi connectivity index (χ0) is 17.5. The minimum absolute atomic E-state index is 0.0534. The molecule has 2 aromatic heterocycles. The second kappa shape index (κ2) is 5.90. The quantitative estimate of drug-likeness (QED) is 0.695. The monoisotopic (exact) mass is 353 g/mol. The van der Waals surface area contributed by atoms with Gasteiger partial charge in [0.2, 0.25) is 0 Å². The largest absolute Gasteiger partial charge is 0.433 e. The van der Waals surface area contributed by atoms with Crippen molar-refractivity contribution in [2.45, 2.75) is 19.6 Å². The maximum atomic E-state index is 12.9.